The molecule has 0 rings (SSSR count). The largest absolute Gasteiger partial charge is 0.366 e. The lowest BCUT2D eigenvalue weighted by molar-refractivity contribution is -0.114. The highest BCUT2D eigenvalue weighted by molar-refractivity contribution is 5.97. The number of halogens is 1. The fourth-order valence-corrected chi connectivity index (χ4v) is 1.65. The second kappa shape index (κ2) is 10.2. The predicted octanol–water partition coefficient (Wildman–Crippen LogP) is 4.74. The van der Waals surface area contributed by atoms with Crippen LogP contribution >= 0.6 is 0 Å². The molecule has 0 saturated heterocycles. The van der Waals surface area contributed by atoms with Gasteiger partial charge in [0, 0.05) is 11.1 Å². The van der Waals surface area contributed by atoms with Crippen LogP contribution < -0.4 is 5.73 Å². The van der Waals surface area contributed by atoms with E-state index in [0.717, 1.165) is 19.3 Å². The molecule has 0 atom stereocenters. The number of allylic oxidation sites excluding steroid dienone is 6. The number of primary amides is 1. The predicted molar refractivity (Wildman–Crippen MR) is 83.8 cm³/mol. The first-order chi connectivity index (χ1) is 9.49. The lowest BCUT2D eigenvalue weighted by Gasteiger charge is -2.10. The van der Waals surface area contributed by atoms with Gasteiger partial charge in [-0.25, -0.2) is 4.39 Å². The van der Waals surface area contributed by atoms with Gasteiger partial charge in [0.25, 0.3) is 0 Å². The monoisotopic (exact) mass is 279 g/mol. The van der Waals surface area contributed by atoms with Crippen LogP contribution in [0.25, 0.3) is 0 Å². The average molecular weight is 279 g/mol. The molecule has 1 amide bonds. The molecule has 0 aliphatic rings. The van der Waals surface area contributed by atoms with E-state index in [1.165, 1.54) is 0 Å². The van der Waals surface area contributed by atoms with E-state index in [0.29, 0.717) is 12.0 Å². The minimum absolute atomic E-state index is 0.266. The Balaban J connectivity index is 5.70. The molecule has 0 fully saturated rings. The van der Waals surface area contributed by atoms with Crippen molar-refractivity contribution in [2.24, 2.45) is 5.73 Å². The van der Waals surface area contributed by atoms with Gasteiger partial charge in [0.1, 0.15) is 5.83 Å². The standard InChI is InChI=1S/C17H26FNO/c1-5-8-10-12-15(17(19)20)14(11-9-6-2)16(18)13(4)7-3/h6,9,11-12H,5,7-8,10H2,1-4H3,(H2,19,20)/b9-6-,14-11-,15-12+,16-13?. The molecule has 0 spiro atoms. The van der Waals surface area contributed by atoms with E-state index in [1.54, 1.807) is 31.2 Å². The van der Waals surface area contributed by atoms with E-state index >= 15 is 0 Å². The van der Waals surface area contributed by atoms with Crippen LogP contribution in [-0.2, 0) is 4.79 Å². The van der Waals surface area contributed by atoms with Crippen molar-refractivity contribution < 1.29 is 9.18 Å². The number of hydrogen-bond acceptors (Lipinski definition) is 1. The Morgan fingerprint density at radius 2 is 1.90 bits per heavy atom. The summed E-state index contributed by atoms with van der Waals surface area (Å²) in [5, 5.41) is 0. The Morgan fingerprint density at radius 3 is 2.35 bits per heavy atom. The van der Waals surface area contributed by atoms with Crippen molar-refractivity contribution in [2.45, 2.75) is 53.4 Å². The maximum absolute atomic E-state index is 14.4. The lowest BCUT2D eigenvalue weighted by Crippen LogP contribution is -2.16. The van der Waals surface area contributed by atoms with Crippen LogP contribution in [0.4, 0.5) is 4.39 Å². The number of hydrogen-bond donors (Lipinski definition) is 1. The fraction of sp³-hybridized carbons (Fsp3) is 0.471. The molecule has 112 valence electrons. The molecular formula is C17H26FNO. The van der Waals surface area contributed by atoms with Crippen LogP contribution in [0.3, 0.4) is 0 Å². The maximum atomic E-state index is 14.4. The van der Waals surface area contributed by atoms with E-state index < -0.39 is 5.91 Å². The smallest absolute Gasteiger partial charge is 0.249 e. The quantitative estimate of drug-likeness (QED) is 0.389. The Kier molecular flexibility index (Phi) is 9.35. The van der Waals surface area contributed by atoms with Gasteiger partial charge in [0.2, 0.25) is 5.91 Å². The third-order valence-corrected chi connectivity index (χ3v) is 3.06. The van der Waals surface area contributed by atoms with E-state index in [4.69, 9.17) is 5.73 Å². The molecule has 0 bridgehead atoms. The molecule has 0 unspecified atom stereocenters. The highest BCUT2D eigenvalue weighted by atomic mass is 19.1. The van der Waals surface area contributed by atoms with Gasteiger partial charge in [-0.2, -0.15) is 0 Å². The highest BCUT2D eigenvalue weighted by Crippen LogP contribution is 2.26. The Hall–Kier alpha value is -1.64. The van der Waals surface area contributed by atoms with Crippen LogP contribution in [0.2, 0.25) is 0 Å². The third-order valence-electron chi connectivity index (χ3n) is 3.06. The Labute approximate surface area is 121 Å². The number of carbonyl (C=O) groups is 1. The number of carbonyl (C=O) groups excluding carboxylic acids is 1. The van der Waals surface area contributed by atoms with Crippen molar-refractivity contribution in [2.75, 3.05) is 0 Å². The lowest BCUT2D eigenvalue weighted by atomic mass is 9.98. The molecule has 0 heterocycles. The van der Waals surface area contributed by atoms with Gasteiger partial charge in [-0.05, 0) is 32.3 Å². The Bertz CT molecular complexity index is 442. The van der Waals surface area contributed by atoms with E-state index in [-0.39, 0.29) is 17.0 Å². The summed E-state index contributed by atoms with van der Waals surface area (Å²) in [5.41, 5.74) is 6.57. The fourth-order valence-electron chi connectivity index (χ4n) is 1.65. The van der Waals surface area contributed by atoms with Crippen LogP contribution in [0, 0.1) is 0 Å². The van der Waals surface area contributed by atoms with E-state index in [9.17, 15) is 9.18 Å². The zero-order valence-corrected chi connectivity index (χ0v) is 13.0. The zero-order valence-electron chi connectivity index (χ0n) is 13.0. The van der Waals surface area contributed by atoms with Crippen molar-refractivity contribution >= 4 is 5.91 Å². The van der Waals surface area contributed by atoms with Gasteiger partial charge in [0.15, 0.2) is 0 Å². The molecule has 0 aromatic rings. The molecule has 0 radical (unpaired) electrons. The first-order valence-electron chi connectivity index (χ1n) is 7.18. The van der Waals surface area contributed by atoms with Gasteiger partial charge in [0.05, 0.1) is 0 Å². The summed E-state index contributed by atoms with van der Waals surface area (Å²) >= 11 is 0. The molecular weight excluding hydrogens is 253 g/mol. The number of nitrogens with two attached hydrogens (primary N) is 1. The zero-order chi connectivity index (χ0) is 15.5. The van der Waals surface area contributed by atoms with Gasteiger partial charge in [-0.15, -0.1) is 0 Å². The minimum atomic E-state index is -0.587. The van der Waals surface area contributed by atoms with Gasteiger partial charge < -0.3 is 5.73 Å². The summed E-state index contributed by atoms with van der Waals surface area (Å²) in [6.45, 7) is 7.51. The van der Waals surface area contributed by atoms with Crippen LogP contribution in [0.5, 0.6) is 0 Å². The summed E-state index contributed by atoms with van der Waals surface area (Å²) in [5.74, 6) is -0.942. The molecule has 0 aromatic carbocycles. The van der Waals surface area contributed by atoms with Crippen LogP contribution in [-0.4, -0.2) is 5.91 Å². The summed E-state index contributed by atoms with van der Waals surface area (Å²) in [7, 11) is 0. The van der Waals surface area contributed by atoms with Crippen molar-refractivity contribution in [3.05, 3.63) is 46.9 Å². The van der Waals surface area contributed by atoms with Gasteiger partial charge >= 0.3 is 0 Å². The summed E-state index contributed by atoms with van der Waals surface area (Å²) in [4.78, 5) is 11.6. The SMILES string of the molecule is C\C=C/C=C(C(F)=C(C)CC)/C(=C\CCCC)C(N)=O. The first-order valence-corrected chi connectivity index (χ1v) is 7.18. The second-order valence-corrected chi connectivity index (χ2v) is 4.68. The van der Waals surface area contributed by atoms with Crippen molar-refractivity contribution in [3.8, 4) is 0 Å². The molecule has 3 heteroatoms. The summed E-state index contributed by atoms with van der Waals surface area (Å²) in [6.07, 6.45) is 10.1. The molecule has 0 aliphatic heterocycles. The van der Waals surface area contributed by atoms with E-state index in [2.05, 4.69) is 6.92 Å². The topological polar surface area (TPSA) is 43.1 Å². The highest BCUT2D eigenvalue weighted by Gasteiger charge is 2.16. The van der Waals surface area contributed by atoms with Crippen LogP contribution in [0.1, 0.15) is 53.4 Å². The minimum Gasteiger partial charge on any atom is -0.366 e. The first kappa shape index (κ1) is 18.4. The summed E-state index contributed by atoms with van der Waals surface area (Å²) in [6, 6.07) is 0. The normalized spacial score (nSPS) is 14.7. The molecule has 20 heavy (non-hydrogen) atoms. The van der Waals surface area contributed by atoms with Crippen molar-refractivity contribution in [1.82, 2.24) is 0 Å². The average Bonchev–Trinajstić information content (AvgIpc) is 2.44. The van der Waals surface area contributed by atoms with E-state index in [1.807, 2.05) is 13.8 Å². The molecule has 0 saturated carbocycles. The molecule has 2 N–H and O–H groups in total. The summed E-state index contributed by atoms with van der Waals surface area (Å²) < 4.78 is 14.4. The van der Waals surface area contributed by atoms with Crippen LogP contribution in [0.15, 0.2) is 46.9 Å². The van der Waals surface area contributed by atoms with Gasteiger partial charge in [-0.1, -0.05) is 51.0 Å². The van der Waals surface area contributed by atoms with Crippen molar-refractivity contribution in [3.63, 3.8) is 0 Å². The maximum Gasteiger partial charge on any atom is 0.249 e. The number of amides is 1. The van der Waals surface area contributed by atoms with Crippen molar-refractivity contribution in [1.29, 1.82) is 0 Å². The number of unbranched alkanes of at least 4 members (excludes halogenated alkanes) is 2. The third kappa shape index (κ3) is 6.00. The number of rotatable bonds is 8. The Morgan fingerprint density at radius 1 is 1.25 bits per heavy atom. The molecule has 2 nitrogen and oxygen atoms in total. The second-order valence-electron chi connectivity index (χ2n) is 4.68. The molecule has 0 aliphatic carbocycles. The van der Waals surface area contributed by atoms with Gasteiger partial charge in [-0.3, -0.25) is 4.79 Å². The molecule has 0 aromatic heterocycles.